The number of nitrogens with zero attached hydrogens (tertiary/aromatic N) is 2. The summed E-state index contributed by atoms with van der Waals surface area (Å²) in [5, 5.41) is 5.21. The van der Waals surface area contributed by atoms with Crippen LogP contribution in [0.5, 0.6) is 5.75 Å². The van der Waals surface area contributed by atoms with Crippen LogP contribution in [0.1, 0.15) is 55.7 Å². The minimum Gasteiger partial charge on any atom is -0.486 e. The summed E-state index contributed by atoms with van der Waals surface area (Å²) in [5.74, 6) is 0.692. The highest BCUT2D eigenvalue weighted by Crippen LogP contribution is 2.38. The number of thiazole rings is 1. The molecule has 2 aromatic heterocycles. The summed E-state index contributed by atoms with van der Waals surface area (Å²) < 4.78 is 11.5. The maximum Gasteiger partial charge on any atom is 0.290 e. The first-order chi connectivity index (χ1) is 17.1. The number of nitrogens with one attached hydrogen (secondary N) is 1. The van der Waals surface area contributed by atoms with Gasteiger partial charge < -0.3 is 19.4 Å². The van der Waals surface area contributed by atoms with Gasteiger partial charge in [-0.05, 0) is 54.3 Å². The second-order valence-electron chi connectivity index (χ2n) is 8.17. The molecule has 0 bridgehead atoms. The van der Waals surface area contributed by atoms with Gasteiger partial charge in [0.15, 0.2) is 5.76 Å². The van der Waals surface area contributed by atoms with Gasteiger partial charge in [0, 0.05) is 18.5 Å². The highest BCUT2D eigenvalue weighted by Gasteiger charge is 2.34. The molecule has 3 heterocycles. The summed E-state index contributed by atoms with van der Waals surface area (Å²) >= 11 is 1.39. The summed E-state index contributed by atoms with van der Waals surface area (Å²) in [6.45, 7) is 3.28. The van der Waals surface area contributed by atoms with E-state index in [0.29, 0.717) is 30.3 Å². The van der Waals surface area contributed by atoms with Gasteiger partial charge in [-0.1, -0.05) is 36.4 Å². The number of amides is 2. The molecule has 2 aromatic carbocycles. The topological polar surface area (TPSA) is 84.7 Å². The molecule has 7 nitrogen and oxygen atoms in total. The third-order valence-corrected chi connectivity index (χ3v) is 6.76. The predicted molar refractivity (Wildman–Crippen MR) is 133 cm³/mol. The maximum atomic E-state index is 13.3. The van der Waals surface area contributed by atoms with Crippen LogP contribution in [0, 0.1) is 0 Å². The number of fused-ring (bicyclic) bond motifs is 1. The van der Waals surface area contributed by atoms with Gasteiger partial charge in [-0.25, -0.2) is 4.98 Å². The molecule has 1 atom stereocenters. The Kier molecular flexibility index (Phi) is 6.63. The second-order valence-corrected chi connectivity index (χ2v) is 9.12. The van der Waals surface area contributed by atoms with E-state index in [-0.39, 0.29) is 24.5 Å². The Bertz CT molecular complexity index is 1320. The number of rotatable bonds is 7. The predicted octanol–water partition coefficient (Wildman–Crippen LogP) is 4.85. The van der Waals surface area contributed by atoms with Gasteiger partial charge in [-0.3, -0.25) is 9.59 Å². The molecule has 35 heavy (non-hydrogen) atoms. The van der Waals surface area contributed by atoms with E-state index in [2.05, 4.69) is 16.4 Å². The minimum absolute atomic E-state index is 0.138. The van der Waals surface area contributed by atoms with Crippen LogP contribution in [-0.2, 0) is 13.0 Å². The standard InChI is InChI=1S/C27H25N3O4S/c1-2-28-26(31)22-17-35-24(29-22)16-34-20-11-10-18-12-13-30(27(32)23-9-6-14-33-23)25(21(18)15-20)19-7-4-3-5-8-19/h3-11,14-15,17,25H,2,12-13,16H2,1H3,(H,28,31)/t25-/m0/s1. The highest BCUT2D eigenvalue weighted by atomic mass is 32.1. The quantitative estimate of drug-likeness (QED) is 0.403. The number of hydrogen-bond acceptors (Lipinski definition) is 6. The first-order valence-electron chi connectivity index (χ1n) is 11.5. The van der Waals surface area contributed by atoms with E-state index in [4.69, 9.17) is 9.15 Å². The number of furan rings is 1. The van der Waals surface area contributed by atoms with E-state index in [0.717, 1.165) is 22.6 Å². The van der Waals surface area contributed by atoms with Crippen LogP contribution in [0.2, 0.25) is 0 Å². The molecule has 1 N–H and O–H groups in total. The molecule has 8 heteroatoms. The third-order valence-electron chi connectivity index (χ3n) is 5.94. The Morgan fingerprint density at radius 3 is 2.80 bits per heavy atom. The molecule has 2 amide bonds. The minimum atomic E-state index is -0.259. The zero-order valence-corrected chi connectivity index (χ0v) is 20.1. The highest BCUT2D eigenvalue weighted by molar-refractivity contribution is 7.09. The molecule has 5 rings (SSSR count). The van der Waals surface area contributed by atoms with Crippen LogP contribution >= 0.6 is 11.3 Å². The summed E-state index contributed by atoms with van der Waals surface area (Å²) in [6.07, 6.45) is 2.26. The first kappa shape index (κ1) is 22.9. The summed E-state index contributed by atoms with van der Waals surface area (Å²) in [4.78, 5) is 31.5. The molecule has 0 radical (unpaired) electrons. The van der Waals surface area contributed by atoms with Gasteiger partial charge in [0.05, 0.1) is 12.3 Å². The average Bonchev–Trinajstić information content (AvgIpc) is 3.60. The lowest BCUT2D eigenvalue weighted by Crippen LogP contribution is -2.40. The number of ether oxygens (including phenoxy) is 1. The number of carbonyl (C=O) groups excluding carboxylic acids is 2. The van der Waals surface area contributed by atoms with E-state index in [1.165, 1.54) is 23.2 Å². The lowest BCUT2D eigenvalue weighted by molar-refractivity contribution is 0.0661. The summed E-state index contributed by atoms with van der Waals surface area (Å²) in [7, 11) is 0. The fourth-order valence-electron chi connectivity index (χ4n) is 4.32. The van der Waals surface area contributed by atoms with Crippen molar-refractivity contribution in [3.8, 4) is 5.75 Å². The summed E-state index contributed by atoms with van der Waals surface area (Å²) in [5.41, 5.74) is 3.64. The van der Waals surface area contributed by atoms with Crippen molar-refractivity contribution in [2.45, 2.75) is 26.0 Å². The molecule has 1 aliphatic heterocycles. The van der Waals surface area contributed by atoms with Crippen molar-refractivity contribution < 1.29 is 18.7 Å². The Labute approximate surface area is 207 Å². The van der Waals surface area contributed by atoms with Gasteiger partial charge in [-0.2, -0.15) is 0 Å². The zero-order valence-electron chi connectivity index (χ0n) is 19.3. The first-order valence-corrected chi connectivity index (χ1v) is 12.4. The lowest BCUT2D eigenvalue weighted by atomic mass is 9.87. The number of benzene rings is 2. The molecular formula is C27H25N3O4S. The molecule has 0 aliphatic carbocycles. The molecule has 178 valence electrons. The number of carbonyl (C=O) groups is 2. The van der Waals surface area contributed by atoms with Gasteiger partial charge in [-0.15, -0.1) is 11.3 Å². The van der Waals surface area contributed by atoms with E-state index in [1.807, 2.05) is 54.3 Å². The van der Waals surface area contributed by atoms with Gasteiger partial charge >= 0.3 is 0 Å². The van der Waals surface area contributed by atoms with E-state index in [9.17, 15) is 9.59 Å². The van der Waals surface area contributed by atoms with Crippen molar-refractivity contribution >= 4 is 23.2 Å². The van der Waals surface area contributed by atoms with Gasteiger partial charge in [0.2, 0.25) is 0 Å². The third kappa shape index (κ3) is 4.83. The van der Waals surface area contributed by atoms with E-state index in [1.54, 1.807) is 17.5 Å². The molecular weight excluding hydrogens is 462 g/mol. The van der Waals surface area contributed by atoms with Crippen molar-refractivity contribution in [3.63, 3.8) is 0 Å². The molecule has 0 saturated heterocycles. The number of aromatic nitrogens is 1. The van der Waals surface area contributed by atoms with Crippen LogP contribution in [0.3, 0.4) is 0 Å². The molecule has 0 spiro atoms. The molecule has 0 saturated carbocycles. The largest absolute Gasteiger partial charge is 0.486 e. The SMILES string of the molecule is CCNC(=O)c1csc(COc2ccc3c(c2)[C@H](c2ccccc2)N(C(=O)c2ccco2)CC3)n1. The fourth-order valence-corrected chi connectivity index (χ4v) is 5.00. The Balaban J connectivity index is 1.41. The molecule has 0 unspecified atom stereocenters. The Hall–Kier alpha value is -3.91. The normalized spacial score (nSPS) is 14.9. The van der Waals surface area contributed by atoms with Crippen molar-refractivity contribution in [1.29, 1.82) is 0 Å². The molecule has 0 fully saturated rings. The van der Waals surface area contributed by atoms with Crippen LogP contribution in [0.4, 0.5) is 0 Å². The van der Waals surface area contributed by atoms with Gasteiger partial charge in [0.1, 0.15) is 23.1 Å². The smallest absolute Gasteiger partial charge is 0.290 e. The van der Waals surface area contributed by atoms with Crippen LogP contribution in [0.15, 0.2) is 76.7 Å². The number of hydrogen-bond donors (Lipinski definition) is 1. The summed E-state index contributed by atoms with van der Waals surface area (Å²) in [6, 6.07) is 19.2. The van der Waals surface area contributed by atoms with Crippen molar-refractivity contribution in [2.24, 2.45) is 0 Å². The second kappa shape index (κ2) is 10.1. The molecule has 4 aromatic rings. The van der Waals surface area contributed by atoms with Crippen LogP contribution < -0.4 is 10.1 Å². The monoisotopic (exact) mass is 487 g/mol. The van der Waals surface area contributed by atoms with Crippen LogP contribution in [-0.4, -0.2) is 34.8 Å². The van der Waals surface area contributed by atoms with Crippen molar-refractivity contribution in [1.82, 2.24) is 15.2 Å². The van der Waals surface area contributed by atoms with E-state index < -0.39 is 0 Å². The van der Waals surface area contributed by atoms with Gasteiger partial charge in [0.25, 0.3) is 11.8 Å². The zero-order chi connectivity index (χ0) is 24.2. The van der Waals surface area contributed by atoms with Crippen molar-refractivity contribution in [2.75, 3.05) is 13.1 Å². The lowest BCUT2D eigenvalue weighted by Gasteiger charge is -2.37. The Morgan fingerprint density at radius 1 is 1.17 bits per heavy atom. The van der Waals surface area contributed by atoms with Crippen LogP contribution in [0.25, 0.3) is 0 Å². The Morgan fingerprint density at radius 2 is 2.03 bits per heavy atom. The molecule has 1 aliphatic rings. The average molecular weight is 488 g/mol. The van der Waals surface area contributed by atoms with E-state index >= 15 is 0 Å². The maximum absolute atomic E-state index is 13.3. The van der Waals surface area contributed by atoms with Crippen molar-refractivity contribution in [3.05, 3.63) is 105 Å². The fraction of sp³-hybridized carbons (Fsp3) is 0.222.